The lowest BCUT2D eigenvalue weighted by atomic mass is 10.2. The van der Waals surface area contributed by atoms with Crippen molar-refractivity contribution in [1.29, 1.82) is 0 Å². The summed E-state index contributed by atoms with van der Waals surface area (Å²) in [6.07, 6.45) is 0. The topological polar surface area (TPSA) is 71.3 Å². The van der Waals surface area contributed by atoms with Crippen LogP contribution in [0.5, 0.6) is 17.2 Å². The zero-order valence-corrected chi connectivity index (χ0v) is 14.5. The molecular formula is C18H20N4O3. The highest BCUT2D eigenvalue weighted by atomic mass is 16.5. The fraction of sp³-hybridized carbons (Fsp3) is 0.278. The van der Waals surface area contributed by atoms with Gasteiger partial charge in [0.05, 0.1) is 20.8 Å². The van der Waals surface area contributed by atoms with Crippen molar-refractivity contribution in [2.45, 2.75) is 13.5 Å². The van der Waals surface area contributed by atoms with E-state index >= 15 is 0 Å². The maximum absolute atomic E-state index is 5.68. The minimum atomic E-state index is 0.463. The zero-order valence-electron chi connectivity index (χ0n) is 14.5. The summed E-state index contributed by atoms with van der Waals surface area (Å²) in [6, 6.07) is 13.4. The first-order valence-electron chi connectivity index (χ1n) is 7.89. The Kier molecular flexibility index (Phi) is 5.13. The molecule has 0 bridgehead atoms. The molecule has 3 rings (SSSR count). The zero-order chi connectivity index (χ0) is 17.6. The Hall–Kier alpha value is -3.09. The molecule has 25 heavy (non-hydrogen) atoms. The Bertz CT molecular complexity index is 831. The van der Waals surface area contributed by atoms with E-state index in [1.54, 1.807) is 14.2 Å². The summed E-state index contributed by atoms with van der Waals surface area (Å²) in [5.41, 5.74) is 2.01. The Labute approximate surface area is 146 Å². The summed E-state index contributed by atoms with van der Waals surface area (Å²) in [7, 11) is 3.19. The lowest BCUT2D eigenvalue weighted by Crippen LogP contribution is -2.11. The van der Waals surface area contributed by atoms with Crippen LogP contribution in [0.15, 0.2) is 42.5 Å². The Morgan fingerprint density at radius 1 is 0.960 bits per heavy atom. The highest BCUT2D eigenvalue weighted by Gasteiger charge is 2.10. The molecule has 0 aliphatic carbocycles. The van der Waals surface area contributed by atoms with Gasteiger partial charge in [-0.15, -0.1) is 10.2 Å². The van der Waals surface area contributed by atoms with Crippen molar-refractivity contribution >= 4 is 0 Å². The van der Waals surface area contributed by atoms with Crippen molar-refractivity contribution in [3.63, 3.8) is 0 Å². The molecule has 0 saturated carbocycles. The molecule has 0 atom stereocenters. The SMILES string of the molecule is COc1ccc(-c2nnn(CCOc3ccc(C)cc3)n2)cc1OC. The van der Waals surface area contributed by atoms with Gasteiger partial charge in [-0.05, 0) is 42.5 Å². The largest absolute Gasteiger partial charge is 0.493 e. The van der Waals surface area contributed by atoms with Gasteiger partial charge in [0.2, 0.25) is 5.82 Å². The van der Waals surface area contributed by atoms with E-state index in [2.05, 4.69) is 15.4 Å². The molecule has 0 fully saturated rings. The van der Waals surface area contributed by atoms with Gasteiger partial charge in [-0.25, -0.2) is 0 Å². The molecule has 3 aromatic rings. The Balaban J connectivity index is 1.63. The molecule has 0 aliphatic rings. The summed E-state index contributed by atoms with van der Waals surface area (Å²) >= 11 is 0. The molecule has 0 amide bonds. The number of hydrogen-bond acceptors (Lipinski definition) is 6. The Morgan fingerprint density at radius 2 is 1.72 bits per heavy atom. The number of tetrazole rings is 1. The van der Waals surface area contributed by atoms with Crippen LogP contribution in [0.1, 0.15) is 5.56 Å². The van der Waals surface area contributed by atoms with Crippen LogP contribution in [0, 0.1) is 6.92 Å². The molecule has 0 spiro atoms. The van der Waals surface area contributed by atoms with E-state index in [0.29, 0.717) is 30.5 Å². The van der Waals surface area contributed by atoms with Crippen LogP contribution in [0.2, 0.25) is 0 Å². The van der Waals surface area contributed by atoms with Gasteiger partial charge >= 0.3 is 0 Å². The van der Waals surface area contributed by atoms with Crippen LogP contribution in [-0.4, -0.2) is 41.0 Å². The first-order chi connectivity index (χ1) is 12.2. The molecular weight excluding hydrogens is 320 g/mol. The van der Waals surface area contributed by atoms with Gasteiger partial charge in [-0.3, -0.25) is 0 Å². The van der Waals surface area contributed by atoms with E-state index in [-0.39, 0.29) is 0 Å². The van der Waals surface area contributed by atoms with Crippen molar-refractivity contribution in [3.8, 4) is 28.6 Å². The molecule has 7 nitrogen and oxygen atoms in total. The fourth-order valence-electron chi connectivity index (χ4n) is 2.31. The number of methoxy groups -OCH3 is 2. The second-order valence-electron chi connectivity index (χ2n) is 5.44. The minimum Gasteiger partial charge on any atom is -0.493 e. The minimum absolute atomic E-state index is 0.463. The summed E-state index contributed by atoms with van der Waals surface area (Å²) in [6.45, 7) is 3.01. The second-order valence-corrected chi connectivity index (χ2v) is 5.44. The molecule has 0 radical (unpaired) electrons. The highest BCUT2D eigenvalue weighted by Crippen LogP contribution is 2.30. The third kappa shape index (κ3) is 4.06. The molecule has 2 aromatic carbocycles. The smallest absolute Gasteiger partial charge is 0.205 e. The maximum atomic E-state index is 5.68. The molecule has 130 valence electrons. The number of benzene rings is 2. The van der Waals surface area contributed by atoms with Gasteiger partial charge < -0.3 is 14.2 Å². The lowest BCUT2D eigenvalue weighted by Gasteiger charge is -2.07. The maximum Gasteiger partial charge on any atom is 0.205 e. The van der Waals surface area contributed by atoms with Crippen LogP contribution in [0.3, 0.4) is 0 Å². The third-order valence-corrected chi connectivity index (χ3v) is 3.68. The van der Waals surface area contributed by atoms with E-state index in [4.69, 9.17) is 14.2 Å². The number of nitrogens with zero attached hydrogens (tertiary/aromatic N) is 4. The number of hydrogen-bond donors (Lipinski definition) is 0. The van der Waals surface area contributed by atoms with Gasteiger partial charge in [0, 0.05) is 5.56 Å². The van der Waals surface area contributed by atoms with Crippen molar-refractivity contribution in [3.05, 3.63) is 48.0 Å². The average molecular weight is 340 g/mol. The van der Waals surface area contributed by atoms with Crippen LogP contribution in [0.4, 0.5) is 0 Å². The summed E-state index contributed by atoms with van der Waals surface area (Å²) in [5, 5.41) is 12.5. The van der Waals surface area contributed by atoms with Gasteiger partial charge in [0.1, 0.15) is 12.4 Å². The van der Waals surface area contributed by atoms with Gasteiger partial charge in [-0.2, -0.15) is 4.80 Å². The first kappa shape index (κ1) is 16.8. The van der Waals surface area contributed by atoms with Crippen molar-refractivity contribution < 1.29 is 14.2 Å². The molecule has 7 heteroatoms. The number of rotatable bonds is 7. The molecule has 0 aliphatic heterocycles. The molecule has 0 unspecified atom stereocenters. The summed E-state index contributed by atoms with van der Waals surface area (Å²) < 4.78 is 16.2. The summed E-state index contributed by atoms with van der Waals surface area (Å²) in [5.74, 6) is 2.63. The van der Waals surface area contributed by atoms with Gasteiger partial charge in [-0.1, -0.05) is 17.7 Å². The molecule has 1 heterocycles. The van der Waals surface area contributed by atoms with Crippen molar-refractivity contribution in [1.82, 2.24) is 20.2 Å². The van der Waals surface area contributed by atoms with Crippen molar-refractivity contribution in [2.24, 2.45) is 0 Å². The predicted molar refractivity (Wildman–Crippen MR) is 93.0 cm³/mol. The second kappa shape index (κ2) is 7.65. The fourth-order valence-corrected chi connectivity index (χ4v) is 2.31. The van der Waals surface area contributed by atoms with Gasteiger partial charge in [0.15, 0.2) is 11.5 Å². The quantitative estimate of drug-likeness (QED) is 0.658. The van der Waals surface area contributed by atoms with Crippen LogP contribution in [-0.2, 0) is 6.54 Å². The first-order valence-corrected chi connectivity index (χ1v) is 7.89. The highest BCUT2D eigenvalue weighted by molar-refractivity contribution is 5.60. The van der Waals surface area contributed by atoms with Crippen molar-refractivity contribution in [2.75, 3.05) is 20.8 Å². The molecule has 0 N–H and O–H groups in total. The van der Waals surface area contributed by atoms with Gasteiger partial charge in [0.25, 0.3) is 0 Å². The van der Waals surface area contributed by atoms with E-state index in [1.807, 2.05) is 49.4 Å². The Morgan fingerprint density at radius 3 is 2.44 bits per heavy atom. The number of ether oxygens (including phenoxy) is 3. The normalized spacial score (nSPS) is 10.5. The number of aryl methyl sites for hydroxylation is 1. The van der Waals surface area contributed by atoms with Crippen LogP contribution < -0.4 is 14.2 Å². The predicted octanol–water partition coefficient (Wildman–Crippen LogP) is 2.74. The van der Waals surface area contributed by atoms with E-state index in [9.17, 15) is 0 Å². The van der Waals surface area contributed by atoms with E-state index in [0.717, 1.165) is 11.3 Å². The molecule has 1 aromatic heterocycles. The van der Waals surface area contributed by atoms with Crippen LogP contribution >= 0.6 is 0 Å². The number of aromatic nitrogens is 4. The summed E-state index contributed by atoms with van der Waals surface area (Å²) in [4.78, 5) is 1.51. The van der Waals surface area contributed by atoms with Crippen LogP contribution in [0.25, 0.3) is 11.4 Å². The average Bonchev–Trinajstić information content (AvgIpc) is 3.11. The van der Waals surface area contributed by atoms with E-state index in [1.165, 1.54) is 10.4 Å². The lowest BCUT2D eigenvalue weighted by molar-refractivity contribution is 0.280. The third-order valence-electron chi connectivity index (χ3n) is 3.68. The standard InChI is InChI=1S/C18H20N4O3/c1-13-4-7-15(8-5-13)25-11-10-22-20-18(19-21-22)14-6-9-16(23-2)17(12-14)24-3/h4-9,12H,10-11H2,1-3H3. The monoisotopic (exact) mass is 340 g/mol. The molecule has 0 saturated heterocycles. The van der Waals surface area contributed by atoms with E-state index < -0.39 is 0 Å².